The largest absolute Gasteiger partial charge is 0.326 e. The Hall–Kier alpha value is -4.53. The first-order valence-electron chi connectivity index (χ1n) is 10.8. The number of hydrogen-bond acceptors (Lipinski definition) is 5. The molecule has 34 heavy (non-hydrogen) atoms. The third-order valence-corrected chi connectivity index (χ3v) is 5.27. The second-order valence-corrected chi connectivity index (χ2v) is 7.69. The first-order valence-corrected chi connectivity index (χ1v) is 10.8. The van der Waals surface area contributed by atoms with Crippen molar-refractivity contribution in [3.8, 4) is 0 Å². The summed E-state index contributed by atoms with van der Waals surface area (Å²) in [7, 11) is 1.69. The summed E-state index contributed by atoms with van der Waals surface area (Å²) in [5.41, 5.74) is 3.53. The molecule has 0 unspecified atom stereocenters. The lowest BCUT2D eigenvalue weighted by atomic mass is 10.2. The molecule has 172 valence electrons. The van der Waals surface area contributed by atoms with Gasteiger partial charge in [-0.1, -0.05) is 6.92 Å². The van der Waals surface area contributed by atoms with Gasteiger partial charge >= 0.3 is 0 Å². The first-order chi connectivity index (χ1) is 16.4. The number of aromatic nitrogens is 3. The van der Waals surface area contributed by atoms with Crippen LogP contribution >= 0.6 is 0 Å². The Bertz CT molecular complexity index is 1360. The number of carbonyl (C=O) groups is 3. The van der Waals surface area contributed by atoms with Crippen molar-refractivity contribution < 1.29 is 14.4 Å². The van der Waals surface area contributed by atoms with Crippen LogP contribution in [0.4, 0.5) is 17.2 Å². The Kier molecular flexibility index (Phi) is 6.35. The number of hydrogen-bond donors (Lipinski definition) is 2. The van der Waals surface area contributed by atoms with Gasteiger partial charge in [0.1, 0.15) is 11.5 Å². The fourth-order valence-electron chi connectivity index (χ4n) is 3.64. The maximum atomic E-state index is 13.1. The molecule has 3 aromatic heterocycles. The predicted molar refractivity (Wildman–Crippen MR) is 130 cm³/mol. The number of fused-ring (bicyclic) bond motifs is 1. The summed E-state index contributed by atoms with van der Waals surface area (Å²) in [6.07, 6.45) is 5.43. The average molecular weight is 457 g/mol. The van der Waals surface area contributed by atoms with Crippen LogP contribution in [0, 0.1) is 0 Å². The summed E-state index contributed by atoms with van der Waals surface area (Å²) in [6.45, 7) is 3.40. The number of nitrogens with one attached hydrogen (secondary N) is 2. The maximum absolute atomic E-state index is 13.1. The molecule has 0 aliphatic carbocycles. The lowest BCUT2D eigenvalue weighted by molar-refractivity contribution is -0.114. The third kappa shape index (κ3) is 4.63. The lowest BCUT2D eigenvalue weighted by Gasteiger charge is -2.18. The Morgan fingerprint density at radius 1 is 0.912 bits per heavy atom. The van der Waals surface area contributed by atoms with Crippen LogP contribution in [0.15, 0.2) is 67.1 Å². The molecule has 0 aliphatic heterocycles. The highest BCUT2D eigenvalue weighted by Crippen LogP contribution is 2.25. The fourth-order valence-corrected chi connectivity index (χ4v) is 3.64. The number of rotatable bonds is 6. The van der Waals surface area contributed by atoms with E-state index in [0.717, 1.165) is 5.69 Å². The zero-order valence-corrected chi connectivity index (χ0v) is 19.1. The normalized spacial score (nSPS) is 10.7. The molecule has 0 saturated heterocycles. The first kappa shape index (κ1) is 22.7. The molecule has 0 atom stereocenters. The van der Waals surface area contributed by atoms with E-state index in [4.69, 9.17) is 0 Å². The van der Waals surface area contributed by atoms with Crippen molar-refractivity contribution in [2.24, 2.45) is 0 Å². The van der Waals surface area contributed by atoms with Gasteiger partial charge in [-0.15, -0.1) is 0 Å². The van der Waals surface area contributed by atoms with E-state index < -0.39 is 0 Å². The summed E-state index contributed by atoms with van der Waals surface area (Å²) < 4.78 is 1.76. The standard InChI is InChI=1S/C25H24N6O3/c1-4-21-24(30(3)25(34)17-11-13-26-14-12-17)31-15-18(5-10-22(31)29-21)23(33)28-20-8-6-19(7-9-20)27-16(2)32/h5-15H,4H2,1-3H3,(H,27,32)(H,28,33). The van der Waals surface area contributed by atoms with Gasteiger partial charge in [0, 0.05) is 49.5 Å². The Morgan fingerprint density at radius 3 is 2.18 bits per heavy atom. The predicted octanol–water partition coefficient (Wildman–Crippen LogP) is 3.78. The van der Waals surface area contributed by atoms with Gasteiger partial charge in [-0.3, -0.25) is 28.7 Å². The number of amides is 3. The van der Waals surface area contributed by atoms with Crippen LogP contribution in [0.25, 0.3) is 5.65 Å². The zero-order chi connectivity index (χ0) is 24.2. The minimum atomic E-state index is -0.310. The van der Waals surface area contributed by atoms with Crippen LogP contribution in [0.1, 0.15) is 40.3 Å². The van der Waals surface area contributed by atoms with E-state index in [-0.39, 0.29) is 17.7 Å². The molecule has 0 aliphatic rings. The average Bonchev–Trinajstić information content (AvgIpc) is 3.22. The molecular weight excluding hydrogens is 432 g/mol. The van der Waals surface area contributed by atoms with Crippen LogP contribution < -0.4 is 15.5 Å². The van der Waals surface area contributed by atoms with Crippen molar-refractivity contribution in [1.29, 1.82) is 0 Å². The van der Waals surface area contributed by atoms with Crippen LogP contribution in [-0.2, 0) is 11.2 Å². The maximum Gasteiger partial charge on any atom is 0.259 e. The minimum absolute atomic E-state index is 0.167. The van der Waals surface area contributed by atoms with Crippen LogP contribution in [0.3, 0.4) is 0 Å². The Labute approximate surface area is 196 Å². The van der Waals surface area contributed by atoms with Gasteiger partial charge in [0.05, 0.1) is 11.3 Å². The van der Waals surface area contributed by atoms with Crippen LogP contribution in [-0.4, -0.2) is 39.1 Å². The zero-order valence-electron chi connectivity index (χ0n) is 19.1. The SMILES string of the molecule is CCc1nc2ccc(C(=O)Nc3ccc(NC(C)=O)cc3)cn2c1N(C)C(=O)c1ccncc1. The van der Waals surface area contributed by atoms with Gasteiger partial charge in [-0.2, -0.15) is 0 Å². The number of nitrogens with zero attached hydrogens (tertiary/aromatic N) is 4. The number of aryl methyl sites for hydroxylation is 1. The molecule has 0 bridgehead atoms. The summed E-state index contributed by atoms with van der Waals surface area (Å²) in [5.74, 6) is -0.0725. The van der Waals surface area contributed by atoms with Crippen molar-refractivity contribution in [3.05, 3.63) is 83.9 Å². The quantitative estimate of drug-likeness (QED) is 0.459. The molecule has 0 saturated carbocycles. The van der Waals surface area contributed by atoms with Crippen molar-refractivity contribution in [2.45, 2.75) is 20.3 Å². The van der Waals surface area contributed by atoms with Gasteiger partial charge in [-0.25, -0.2) is 4.98 Å². The summed E-state index contributed by atoms with van der Waals surface area (Å²) in [5, 5.41) is 5.53. The smallest absolute Gasteiger partial charge is 0.259 e. The molecule has 3 heterocycles. The number of pyridine rings is 2. The van der Waals surface area contributed by atoms with Crippen molar-refractivity contribution >= 4 is 40.6 Å². The lowest BCUT2D eigenvalue weighted by Crippen LogP contribution is -2.28. The molecule has 9 nitrogen and oxygen atoms in total. The molecule has 2 N–H and O–H groups in total. The molecule has 3 amide bonds. The van der Waals surface area contributed by atoms with Gasteiger partial charge in [0.25, 0.3) is 11.8 Å². The summed E-state index contributed by atoms with van der Waals surface area (Å²) >= 11 is 0. The van der Waals surface area contributed by atoms with E-state index in [1.807, 2.05) is 6.92 Å². The van der Waals surface area contributed by atoms with Crippen molar-refractivity contribution in [2.75, 3.05) is 22.6 Å². The molecule has 0 radical (unpaired) electrons. The highest BCUT2D eigenvalue weighted by Gasteiger charge is 2.22. The number of carbonyl (C=O) groups excluding carboxylic acids is 3. The van der Waals surface area contributed by atoms with Crippen LogP contribution in [0.5, 0.6) is 0 Å². The second-order valence-electron chi connectivity index (χ2n) is 7.69. The van der Waals surface area contributed by atoms with Gasteiger partial charge < -0.3 is 10.6 Å². The van der Waals surface area contributed by atoms with E-state index in [1.54, 1.807) is 78.6 Å². The molecule has 4 rings (SSSR count). The molecule has 1 aromatic carbocycles. The molecular formula is C25H24N6O3. The van der Waals surface area contributed by atoms with Crippen molar-refractivity contribution in [1.82, 2.24) is 14.4 Å². The molecule has 9 heteroatoms. The topological polar surface area (TPSA) is 109 Å². The fraction of sp³-hybridized carbons (Fsp3) is 0.160. The van der Waals surface area contributed by atoms with E-state index in [0.29, 0.717) is 40.4 Å². The minimum Gasteiger partial charge on any atom is -0.326 e. The third-order valence-electron chi connectivity index (χ3n) is 5.27. The van der Waals surface area contributed by atoms with E-state index in [2.05, 4.69) is 20.6 Å². The Balaban J connectivity index is 1.63. The number of imidazole rings is 1. The number of anilines is 3. The highest BCUT2D eigenvalue weighted by molar-refractivity contribution is 6.06. The summed E-state index contributed by atoms with van der Waals surface area (Å²) in [6, 6.07) is 13.6. The van der Waals surface area contributed by atoms with Gasteiger partial charge in [-0.05, 0) is 55.0 Å². The highest BCUT2D eigenvalue weighted by atomic mass is 16.2. The molecule has 0 spiro atoms. The Morgan fingerprint density at radius 2 is 1.56 bits per heavy atom. The van der Waals surface area contributed by atoms with E-state index >= 15 is 0 Å². The van der Waals surface area contributed by atoms with Gasteiger partial charge in [0.15, 0.2) is 0 Å². The van der Waals surface area contributed by atoms with E-state index in [1.165, 1.54) is 11.8 Å². The summed E-state index contributed by atoms with van der Waals surface area (Å²) in [4.78, 5) is 47.3. The number of benzene rings is 1. The van der Waals surface area contributed by atoms with Crippen molar-refractivity contribution in [3.63, 3.8) is 0 Å². The molecule has 0 fully saturated rings. The monoisotopic (exact) mass is 456 g/mol. The second kappa shape index (κ2) is 9.53. The molecule has 4 aromatic rings. The van der Waals surface area contributed by atoms with E-state index in [9.17, 15) is 14.4 Å². The van der Waals surface area contributed by atoms with Crippen LogP contribution in [0.2, 0.25) is 0 Å². The van der Waals surface area contributed by atoms with Gasteiger partial charge in [0.2, 0.25) is 5.91 Å².